The van der Waals surface area contributed by atoms with Gasteiger partial charge in [-0.15, -0.1) is 0 Å². The number of hydrogen-bond donors (Lipinski definition) is 1. The first kappa shape index (κ1) is 11.0. The Bertz CT molecular complexity index is 683. The SMILES string of the molecule is CNCc1cc(-c2ccc3ncoc3c2)n(C)n1. The van der Waals surface area contributed by atoms with Crippen LogP contribution in [0.4, 0.5) is 0 Å². The Morgan fingerprint density at radius 2 is 2.22 bits per heavy atom. The van der Waals surface area contributed by atoms with Gasteiger partial charge in [0.15, 0.2) is 12.0 Å². The normalized spacial score (nSPS) is 11.2. The van der Waals surface area contributed by atoms with E-state index in [0.717, 1.165) is 34.6 Å². The first-order valence-electron chi connectivity index (χ1n) is 5.79. The van der Waals surface area contributed by atoms with Gasteiger partial charge in [0.1, 0.15) is 5.52 Å². The van der Waals surface area contributed by atoms with Crippen LogP contribution in [0.2, 0.25) is 0 Å². The van der Waals surface area contributed by atoms with Crippen molar-refractivity contribution in [2.24, 2.45) is 7.05 Å². The molecule has 0 saturated heterocycles. The van der Waals surface area contributed by atoms with Gasteiger partial charge in [0.25, 0.3) is 0 Å². The van der Waals surface area contributed by atoms with E-state index in [1.54, 1.807) is 0 Å². The summed E-state index contributed by atoms with van der Waals surface area (Å²) in [6, 6.07) is 8.06. The lowest BCUT2D eigenvalue weighted by atomic mass is 10.1. The zero-order chi connectivity index (χ0) is 12.5. The summed E-state index contributed by atoms with van der Waals surface area (Å²) in [4.78, 5) is 4.11. The van der Waals surface area contributed by atoms with Crippen LogP contribution in [0.15, 0.2) is 35.1 Å². The van der Waals surface area contributed by atoms with E-state index in [9.17, 15) is 0 Å². The molecule has 0 spiro atoms. The highest BCUT2D eigenvalue weighted by Gasteiger charge is 2.08. The summed E-state index contributed by atoms with van der Waals surface area (Å²) in [6.07, 6.45) is 1.46. The fourth-order valence-corrected chi connectivity index (χ4v) is 2.08. The van der Waals surface area contributed by atoms with Gasteiger partial charge in [0, 0.05) is 19.2 Å². The van der Waals surface area contributed by atoms with Crippen molar-refractivity contribution in [3.05, 3.63) is 36.4 Å². The smallest absolute Gasteiger partial charge is 0.181 e. The molecule has 0 bridgehead atoms. The highest BCUT2D eigenvalue weighted by molar-refractivity contribution is 5.79. The maximum atomic E-state index is 5.32. The molecule has 0 atom stereocenters. The lowest BCUT2D eigenvalue weighted by Gasteiger charge is -2.00. The fraction of sp³-hybridized carbons (Fsp3) is 0.231. The first-order chi connectivity index (χ1) is 8.78. The maximum absolute atomic E-state index is 5.32. The van der Waals surface area contributed by atoms with Crippen LogP contribution in [0, 0.1) is 0 Å². The molecular formula is C13H14N4O. The van der Waals surface area contributed by atoms with E-state index >= 15 is 0 Å². The average Bonchev–Trinajstić information content (AvgIpc) is 2.95. The Morgan fingerprint density at radius 1 is 1.33 bits per heavy atom. The number of nitrogens with zero attached hydrogens (tertiary/aromatic N) is 3. The van der Waals surface area contributed by atoms with Gasteiger partial charge < -0.3 is 9.73 Å². The molecule has 0 unspecified atom stereocenters. The van der Waals surface area contributed by atoms with Gasteiger partial charge in [-0.3, -0.25) is 4.68 Å². The Balaban J connectivity index is 2.07. The van der Waals surface area contributed by atoms with Crippen LogP contribution >= 0.6 is 0 Å². The van der Waals surface area contributed by atoms with Crippen LogP contribution in [0.25, 0.3) is 22.4 Å². The second-order valence-electron chi connectivity index (χ2n) is 4.21. The van der Waals surface area contributed by atoms with Gasteiger partial charge in [0.2, 0.25) is 0 Å². The molecule has 2 heterocycles. The van der Waals surface area contributed by atoms with E-state index in [-0.39, 0.29) is 0 Å². The summed E-state index contributed by atoms with van der Waals surface area (Å²) in [6.45, 7) is 0.762. The van der Waals surface area contributed by atoms with Crippen LogP contribution in [0.5, 0.6) is 0 Å². The second kappa shape index (κ2) is 4.27. The van der Waals surface area contributed by atoms with Crippen molar-refractivity contribution in [2.75, 3.05) is 7.05 Å². The van der Waals surface area contributed by atoms with E-state index in [1.807, 2.05) is 37.0 Å². The number of aromatic nitrogens is 3. The molecule has 92 valence electrons. The van der Waals surface area contributed by atoms with Crippen LogP contribution in [-0.2, 0) is 13.6 Å². The first-order valence-corrected chi connectivity index (χ1v) is 5.79. The third kappa shape index (κ3) is 1.78. The van der Waals surface area contributed by atoms with E-state index in [2.05, 4.69) is 21.5 Å². The Hall–Kier alpha value is -2.14. The Morgan fingerprint density at radius 3 is 3.06 bits per heavy atom. The van der Waals surface area contributed by atoms with Crippen LogP contribution in [0.3, 0.4) is 0 Å². The molecule has 0 aliphatic rings. The number of benzene rings is 1. The number of hydrogen-bond acceptors (Lipinski definition) is 4. The number of fused-ring (bicyclic) bond motifs is 1. The molecule has 0 radical (unpaired) electrons. The van der Waals surface area contributed by atoms with E-state index in [1.165, 1.54) is 6.39 Å². The summed E-state index contributed by atoms with van der Waals surface area (Å²) < 4.78 is 7.20. The molecular weight excluding hydrogens is 228 g/mol. The minimum atomic E-state index is 0.762. The quantitative estimate of drug-likeness (QED) is 0.762. The summed E-state index contributed by atoms with van der Waals surface area (Å²) in [5.74, 6) is 0. The topological polar surface area (TPSA) is 55.9 Å². The molecule has 2 aromatic heterocycles. The molecule has 18 heavy (non-hydrogen) atoms. The zero-order valence-electron chi connectivity index (χ0n) is 10.3. The molecule has 0 aliphatic heterocycles. The molecule has 0 amide bonds. The predicted molar refractivity (Wildman–Crippen MR) is 69.0 cm³/mol. The highest BCUT2D eigenvalue weighted by Crippen LogP contribution is 2.24. The summed E-state index contributed by atoms with van der Waals surface area (Å²) >= 11 is 0. The minimum Gasteiger partial charge on any atom is -0.443 e. The van der Waals surface area contributed by atoms with Gasteiger partial charge >= 0.3 is 0 Å². The second-order valence-corrected chi connectivity index (χ2v) is 4.21. The average molecular weight is 242 g/mol. The molecule has 3 rings (SSSR count). The highest BCUT2D eigenvalue weighted by atomic mass is 16.3. The van der Waals surface area contributed by atoms with Crippen molar-refractivity contribution in [3.8, 4) is 11.3 Å². The Labute approximate surface area is 104 Å². The van der Waals surface area contributed by atoms with E-state index < -0.39 is 0 Å². The maximum Gasteiger partial charge on any atom is 0.181 e. The molecule has 5 heteroatoms. The van der Waals surface area contributed by atoms with Gasteiger partial charge in [-0.25, -0.2) is 4.98 Å². The van der Waals surface area contributed by atoms with Crippen molar-refractivity contribution in [3.63, 3.8) is 0 Å². The van der Waals surface area contributed by atoms with Crippen LogP contribution < -0.4 is 5.32 Å². The van der Waals surface area contributed by atoms with Gasteiger partial charge in [-0.1, -0.05) is 6.07 Å². The number of rotatable bonds is 3. The zero-order valence-corrected chi connectivity index (χ0v) is 10.3. The van der Waals surface area contributed by atoms with Crippen molar-refractivity contribution in [2.45, 2.75) is 6.54 Å². The van der Waals surface area contributed by atoms with Gasteiger partial charge in [0.05, 0.1) is 11.4 Å². The van der Waals surface area contributed by atoms with Crippen molar-refractivity contribution in [1.82, 2.24) is 20.1 Å². The van der Waals surface area contributed by atoms with Crippen molar-refractivity contribution >= 4 is 11.1 Å². The van der Waals surface area contributed by atoms with Crippen LogP contribution in [-0.4, -0.2) is 21.8 Å². The summed E-state index contributed by atoms with van der Waals surface area (Å²) in [5.41, 5.74) is 4.84. The van der Waals surface area contributed by atoms with Crippen molar-refractivity contribution in [1.29, 1.82) is 0 Å². The summed E-state index contributed by atoms with van der Waals surface area (Å²) in [5, 5.41) is 7.55. The van der Waals surface area contributed by atoms with E-state index in [4.69, 9.17) is 4.42 Å². The molecule has 0 aliphatic carbocycles. The van der Waals surface area contributed by atoms with Gasteiger partial charge in [-0.2, -0.15) is 5.10 Å². The standard InChI is InChI=1S/C13H14N4O/c1-14-7-10-6-12(17(2)16-10)9-3-4-11-13(5-9)18-8-15-11/h3-6,8,14H,7H2,1-2H3. The molecule has 0 saturated carbocycles. The summed E-state index contributed by atoms with van der Waals surface area (Å²) in [7, 11) is 3.86. The number of oxazole rings is 1. The fourth-order valence-electron chi connectivity index (χ4n) is 2.08. The van der Waals surface area contributed by atoms with Crippen molar-refractivity contribution < 1.29 is 4.42 Å². The third-order valence-electron chi connectivity index (χ3n) is 2.92. The molecule has 3 aromatic rings. The molecule has 1 aromatic carbocycles. The van der Waals surface area contributed by atoms with E-state index in [0.29, 0.717) is 0 Å². The third-order valence-corrected chi connectivity index (χ3v) is 2.92. The lowest BCUT2D eigenvalue weighted by Crippen LogP contribution is -2.05. The van der Waals surface area contributed by atoms with Gasteiger partial charge in [-0.05, 0) is 25.2 Å². The predicted octanol–water partition coefficient (Wildman–Crippen LogP) is 1.95. The monoisotopic (exact) mass is 242 g/mol. The molecule has 1 N–H and O–H groups in total. The number of aryl methyl sites for hydroxylation is 1. The largest absolute Gasteiger partial charge is 0.443 e. The lowest BCUT2D eigenvalue weighted by molar-refractivity contribution is 0.602. The van der Waals surface area contributed by atoms with Crippen LogP contribution in [0.1, 0.15) is 5.69 Å². The Kier molecular flexibility index (Phi) is 2.60. The molecule has 5 nitrogen and oxygen atoms in total. The number of nitrogens with one attached hydrogen (secondary N) is 1. The minimum absolute atomic E-state index is 0.762. The molecule has 0 fully saturated rings.